The van der Waals surface area contributed by atoms with Gasteiger partial charge < -0.3 is 79.1 Å². The summed E-state index contributed by atoms with van der Waals surface area (Å²) >= 11 is 0. The zero-order valence-corrected chi connectivity index (χ0v) is 25.1. The van der Waals surface area contributed by atoms with Crippen molar-refractivity contribution < 1.29 is 44.2 Å². The van der Waals surface area contributed by atoms with E-state index in [9.17, 15) is 25.2 Å². The van der Waals surface area contributed by atoms with Crippen LogP contribution in [0.3, 0.4) is 0 Å². The Bertz CT molecular complexity index is 962. The molecule has 1 saturated heterocycles. The molecule has 16 nitrogen and oxygen atoms in total. The third-order valence-electron chi connectivity index (χ3n) is 8.79. The lowest BCUT2D eigenvalue weighted by atomic mass is 9.70. The van der Waals surface area contributed by atoms with Gasteiger partial charge in [-0.2, -0.15) is 0 Å². The highest BCUT2D eigenvalue weighted by atomic mass is 16.7. The van der Waals surface area contributed by atoms with Gasteiger partial charge in [0.05, 0.1) is 24.7 Å². The van der Waals surface area contributed by atoms with Gasteiger partial charge in [-0.15, -0.1) is 0 Å². The van der Waals surface area contributed by atoms with Crippen LogP contribution in [0.25, 0.3) is 0 Å². The highest BCUT2D eigenvalue weighted by molar-refractivity contribution is 5.93. The Labute approximate surface area is 252 Å². The van der Waals surface area contributed by atoms with Crippen LogP contribution >= 0.6 is 0 Å². The van der Waals surface area contributed by atoms with Crippen molar-refractivity contribution in [1.82, 2.24) is 5.32 Å². The summed E-state index contributed by atoms with van der Waals surface area (Å²) in [6.07, 6.45) is -6.31. The third kappa shape index (κ3) is 7.73. The maximum Gasteiger partial charge on any atom is 0.218 e. The van der Waals surface area contributed by atoms with Crippen molar-refractivity contribution in [3.8, 4) is 0 Å². The second kappa shape index (κ2) is 14.8. The molecule has 2 heterocycles. The highest BCUT2D eigenvalue weighted by Crippen LogP contribution is 2.38. The van der Waals surface area contributed by atoms with E-state index in [1.165, 1.54) is 6.92 Å². The first-order valence-electron chi connectivity index (χ1n) is 14.9. The molecule has 1 aliphatic carbocycles. The van der Waals surface area contributed by atoms with Crippen molar-refractivity contribution in [3.63, 3.8) is 0 Å². The summed E-state index contributed by atoms with van der Waals surface area (Å²) in [5.74, 6) is -0.399. The number of aliphatic hydroxyl groups excluding tert-OH is 3. The minimum atomic E-state index is -2.04. The molecule has 1 unspecified atom stereocenters. The summed E-state index contributed by atoms with van der Waals surface area (Å²) < 4.78 is 24.0. The van der Waals surface area contributed by atoms with Crippen LogP contribution in [0.2, 0.25) is 0 Å². The lowest BCUT2D eigenvalue weighted by Crippen LogP contribution is -2.76. The largest absolute Gasteiger partial charge is 0.466 e. The fourth-order valence-corrected chi connectivity index (χ4v) is 6.24. The van der Waals surface area contributed by atoms with Crippen molar-refractivity contribution >= 4 is 5.78 Å². The molecule has 0 spiro atoms. The lowest BCUT2D eigenvalue weighted by molar-refractivity contribution is -0.310. The van der Waals surface area contributed by atoms with Gasteiger partial charge in [-0.25, -0.2) is 0 Å². The van der Waals surface area contributed by atoms with Gasteiger partial charge in [-0.1, -0.05) is 6.42 Å². The number of ketones is 1. The average molecular weight is 620 g/mol. The topological polar surface area (TPSA) is 303 Å². The molecule has 3 aliphatic rings. The van der Waals surface area contributed by atoms with Gasteiger partial charge in [0.1, 0.15) is 47.4 Å². The predicted octanol–water partition coefficient (Wildman–Crippen LogP) is -4.70. The normalized spacial score (nSPS) is 42.7. The van der Waals surface area contributed by atoms with E-state index >= 15 is 0 Å². The summed E-state index contributed by atoms with van der Waals surface area (Å²) in [6.45, 7) is 1.81. The third-order valence-corrected chi connectivity index (χ3v) is 8.79. The summed E-state index contributed by atoms with van der Waals surface area (Å²) in [7, 11) is 1.55. The number of ether oxygens (including phenoxy) is 4. The van der Waals surface area contributed by atoms with Crippen LogP contribution in [0.4, 0.5) is 0 Å². The summed E-state index contributed by atoms with van der Waals surface area (Å²) in [5, 5.41) is 46.9. The fourth-order valence-electron chi connectivity index (χ4n) is 6.24. The van der Waals surface area contributed by atoms with Crippen LogP contribution in [-0.2, 0) is 23.7 Å². The Morgan fingerprint density at radius 2 is 1.86 bits per heavy atom. The Morgan fingerprint density at radius 1 is 1.16 bits per heavy atom. The first kappa shape index (κ1) is 36.1. The molecule has 12 atom stereocenters. The maximum atomic E-state index is 13.5. The minimum Gasteiger partial charge on any atom is -0.466 e. The lowest BCUT2D eigenvalue weighted by Gasteiger charge is -2.52. The van der Waals surface area contributed by atoms with Gasteiger partial charge in [0.15, 0.2) is 12.1 Å². The van der Waals surface area contributed by atoms with Crippen LogP contribution in [0.1, 0.15) is 45.4 Å². The van der Waals surface area contributed by atoms with Gasteiger partial charge in [0.2, 0.25) is 6.29 Å². The number of rotatable bonds is 14. The van der Waals surface area contributed by atoms with Gasteiger partial charge in [-0.3, -0.25) is 4.79 Å². The SMILES string of the molecule is CN[C@@H]1[C@@H](O)[C@@H](O[C@@H]2[C@@H](O)[C@H](O[C@H]3OC(CN)=CC[C@]3(N)CCCCN)[C@@H](N)C[C@]2(N)C(=O)C(O)CCN)OC[C@]1(C)O. The second-order valence-electron chi connectivity index (χ2n) is 12.3. The average Bonchev–Trinajstić information content (AvgIpc) is 2.95. The number of carbonyl (C=O) groups is 1. The van der Waals surface area contributed by atoms with E-state index in [0.29, 0.717) is 31.6 Å². The number of nitrogens with one attached hydrogen (secondary N) is 1. The maximum absolute atomic E-state index is 13.5. The molecule has 0 aromatic rings. The van der Waals surface area contributed by atoms with Crippen molar-refractivity contribution in [2.45, 2.75) is 117 Å². The quantitative estimate of drug-likeness (QED) is 0.0814. The van der Waals surface area contributed by atoms with Crippen molar-refractivity contribution in [3.05, 3.63) is 11.8 Å². The molecule has 0 amide bonds. The van der Waals surface area contributed by atoms with Crippen molar-refractivity contribution in [2.24, 2.45) is 34.4 Å². The number of hydrogen-bond acceptors (Lipinski definition) is 16. The summed E-state index contributed by atoms with van der Waals surface area (Å²) in [4.78, 5) is 13.5. The molecule has 0 bridgehead atoms. The van der Waals surface area contributed by atoms with E-state index in [2.05, 4.69) is 5.32 Å². The minimum absolute atomic E-state index is 0.00299. The molecule has 2 aliphatic heterocycles. The van der Waals surface area contributed by atoms with Gasteiger partial charge >= 0.3 is 0 Å². The molecular weight excluding hydrogens is 566 g/mol. The van der Waals surface area contributed by atoms with Crippen LogP contribution < -0.4 is 39.7 Å². The van der Waals surface area contributed by atoms with Crippen LogP contribution in [0.5, 0.6) is 0 Å². The number of Topliss-reactive ketones (excluding diaryl/α,β-unsaturated/α-hetero) is 1. The standard InChI is InChI=1S/C27H53N7O9/c1-25(39)13-40-23(18(37)20(25)34-2)43-22-17(36)19(15(31)11-27(22,33)21(38)16(35)6-10-29)42-24-26(32,7-3-4-9-28)8-5-14(12-30)41-24/h5,15-20,22-24,34-37,39H,3-4,6-13,28-33H2,1-2H3/t15-,16?,17-,18+,19+,20+,22+,23+,24+,25-,26+,27-/m0/s1. The Balaban J connectivity index is 1.95. The first-order valence-corrected chi connectivity index (χ1v) is 14.9. The number of likely N-dealkylation sites (N-methyl/N-ethyl adjacent to an activating group) is 1. The predicted molar refractivity (Wildman–Crippen MR) is 156 cm³/mol. The van der Waals surface area contributed by atoms with Crippen LogP contribution in [0.15, 0.2) is 11.8 Å². The molecular formula is C27H53N7O9. The number of hydrogen-bond donors (Lipinski definition) is 11. The number of unbranched alkanes of at least 4 members (excludes halogenated alkanes) is 1. The zero-order chi connectivity index (χ0) is 32.2. The summed E-state index contributed by atoms with van der Waals surface area (Å²) in [5.41, 5.74) is 32.5. The molecule has 43 heavy (non-hydrogen) atoms. The fraction of sp³-hybridized carbons (Fsp3) is 0.889. The van der Waals surface area contributed by atoms with Crippen LogP contribution in [-0.4, -0.2) is 131 Å². The van der Waals surface area contributed by atoms with Gasteiger partial charge in [-0.05, 0) is 65.2 Å². The summed E-state index contributed by atoms with van der Waals surface area (Å²) in [6, 6.07) is -1.93. The zero-order valence-electron chi connectivity index (χ0n) is 25.1. The molecule has 0 aromatic carbocycles. The Kier molecular flexibility index (Phi) is 12.5. The molecule has 17 N–H and O–H groups in total. The van der Waals surface area contributed by atoms with E-state index in [4.69, 9.17) is 53.3 Å². The first-order chi connectivity index (χ1) is 20.2. The number of aliphatic hydroxyl groups is 4. The smallest absolute Gasteiger partial charge is 0.218 e. The van der Waals surface area contributed by atoms with Gasteiger partial charge in [0.25, 0.3) is 0 Å². The molecule has 16 heteroatoms. The Morgan fingerprint density at radius 3 is 2.47 bits per heavy atom. The van der Waals surface area contributed by atoms with Crippen molar-refractivity contribution in [1.29, 1.82) is 0 Å². The van der Waals surface area contributed by atoms with Gasteiger partial charge in [0, 0.05) is 6.04 Å². The van der Waals surface area contributed by atoms with Crippen molar-refractivity contribution in [2.75, 3.05) is 33.3 Å². The highest BCUT2D eigenvalue weighted by Gasteiger charge is 2.59. The molecule has 250 valence electrons. The van der Waals surface area contributed by atoms with Crippen LogP contribution in [0, 0.1) is 0 Å². The number of carbonyl (C=O) groups excluding carboxylic acids is 1. The van der Waals surface area contributed by atoms with E-state index in [-0.39, 0.29) is 32.5 Å². The molecule has 2 fully saturated rings. The molecule has 0 aromatic heterocycles. The molecule has 1 saturated carbocycles. The molecule has 3 rings (SSSR count). The van der Waals surface area contributed by atoms with E-state index in [1.807, 2.05) is 0 Å². The van der Waals surface area contributed by atoms with E-state index in [0.717, 1.165) is 6.42 Å². The number of nitrogens with two attached hydrogens (primary N) is 6. The van der Waals surface area contributed by atoms with E-state index in [1.54, 1.807) is 13.1 Å². The molecule has 0 radical (unpaired) electrons. The van der Waals surface area contributed by atoms with E-state index < -0.39 is 77.6 Å². The Hall–Kier alpha value is -1.35. The second-order valence-corrected chi connectivity index (χ2v) is 12.3. The monoisotopic (exact) mass is 619 g/mol.